The Morgan fingerprint density at radius 1 is 1.09 bits per heavy atom. The van der Waals surface area contributed by atoms with Gasteiger partial charge in [0.2, 0.25) is 6.79 Å². The number of carbonyl (C=O) groups excluding carboxylic acids is 1. The minimum Gasteiger partial charge on any atom is -0.462 e. The fourth-order valence-corrected chi connectivity index (χ4v) is 2.14. The third-order valence-corrected chi connectivity index (χ3v) is 3.28. The van der Waals surface area contributed by atoms with Crippen LogP contribution in [0, 0.1) is 0 Å². The van der Waals surface area contributed by atoms with Gasteiger partial charge in [-0.05, 0) is 29.3 Å². The van der Waals surface area contributed by atoms with Crippen molar-refractivity contribution in [3.63, 3.8) is 0 Å². The fraction of sp³-hybridized carbons (Fsp3) is 0.167. The first-order valence-corrected chi connectivity index (χ1v) is 7.10. The highest BCUT2D eigenvalue weighted by atomic mass is 16.7. The van der Waals surface area contributed by atoms with Crippen LogP contribution in [0.2, 0.25) is 0 Å². The van der Waals surface area contributed by atoms with Gasteiger partial charge in [0.05, 0.1) is 6.61 Å². The maximum Gasteiger partial charge on any atom is 0.330 e. The van der Waals surface area contributed by atoms with Crippen molar-refractivity contribution in [2.24, 2.45) is 0 Å². The molecule has 4 heteroatoms. The third-order valence-electron chi connectivity index (χ3n) is 3.28. The molecule has 22 heavy (non-hydrogen) atoms. The van der Waals surface area contributed by atoms with Crippen LogP contribution in [0.15, 0.2) is 54.6 Å². The number of carbonyl (C=O) groups is 1. The number of rotatable bonds is 5. The molecule has 0 amide bonds. The van der Waals surface area contributed by atoms with Gasteiger partial charge in [-0.25, -0.2) is 4.79 Å². The molecule has 0 N–H and O–H groups in total. The van der Waals surface area contributed by atoms with E-state index in [2.05, 4.69) is 0 Å². The predicted octanol–water partition coefficient (Wildman–Crippen LogP) is 3.21. The summed E-state index contributed by atoms with van der Waals surface area (Å²) >= 11 is 0. The minimum absolute atomic E-state index is 0.262. The third kappa shape index (κ3) is 3.67. The van der Waals surface area contributed by atoms with Crippen molar-refractivity contribution >= 4 is 12.0 Å². The number of benzene rings is 2. The maximum atomic E-state index is 11.6. The van der Waals surface area contributed by atoms with Crippen LogP contribution in [-0.2, 0) is 16.0 Å². The van der Waals surface area contributed by atoms with Gasteiger partial charge in [0.1, 0.15) is 0 Å². The minimum atomic E-state index is -0.343. The number of ether oxygens (including phenoxy) is 3. The number of fused-ring (bicyclic) bond motifs is 1. The van der Waals surface area contributed by atoms with E-state index in [4.69, 9.17) is 14.2 Å². The smallest absolute Gasteiger partial charge is 0.330 e. The van der Waals surface area contributed by atoms with Crippen LogP contribution in [0.1, 0.15) is 11.1 Å². The summed E-state index contributed by atoms with van der Waals surface area (Å²) in [6.07, 6.45) is 3.82. The molecule has 0 fully saturated rings. The molecule has 1 aliphatic rings. The highest BCUT2D eigenvalue weighted by Crippen LogP contribution is 2.32. The van der Waals surface area contributed by atoms with Crippen molar-refractivity contribution in [2.75, 3.05) is 13.4 Å². The average molecular weight is 296 g/mol. The van der Waals surface area contributed by atoms with Crippen LogP contribution in [-0.4, -0.2) is 19.4 Å². The van der Waals surface area contributed by atoms with Crippen LogP contribution >= 0.6 is 0 Å². The van der Waals surface area contributed by atoms with E-state index in [1.807, 2.05) is 48.5 Å². The van der Waals surface area contributed by atoms with Gasteiger partial charge in [0, 0.05) is 12.5 Å². The van der Waals surface area contributed by atoms with Crippen LogP contribution in [0.5, 0.6) is 11.5 Å². The first kappa shape index (κ1) is 14.2. The largest absolute Gasteiger partial charge is 0.462 e. The monoisotopic (exact) mass is 296 g/mol. The molecule has 0 saturated heterocycles. The summed E-state index contributed by atoms with van der Waals surface area (Å²) in [5.74, 6) is 1.16. The molecule has 0 saturated carbocycles. The SMILES string of the molecule is O=C(/C=C/c1ccccc1)OCCc1ccc2c(c1)OCO2. The molecule has 2 aromatic carbocycles. The molecule has 4 nitrogen and oxygen atoms in total. The quantitative estimate of drug-likeness (QED) is 0.628. The van der Waals surface area contributed by atoms with Crippen molar-refractivity contribution in [3.8, 4) is 11.5 Å². The Hall–Kier alpha value is -2.75. The van der Waals surface area contributed by atoms with Gasteiger partial charge >= 0.3 is 5.97 Å². The Morgan fingerprint density at radius 2 is 1.91 bits per heavy atom. The van der Waals surface area contributed by atoms with E-state index in [9.17, 15) is 4.79 Å². The second-order valence-corrected chi connectivity index (χ2v) is 4.85. The van der Waals surface area contributed by atoms with Gasteiger partial charge in [-0.1, -0.05) is 36.4 Å². The van der Waals surface area contributed by atoms with Crippen LogP contribution in [0.3, 0.4) is 0 Å². The molecular formula is C18H16O4. The Balaban J connectivity index is 1.46. The highest BCUT2D eigenvalue weighted by Gasteiger charge is 2.13. The highest BCUT2D eigenvalue weighted by molar-refractivity contribution is 5.87. The molecule has 0 aliphatic carbocycles. The van der Waals surface area contributed by atoms with Crippen LogP contribution in [0.4, 0.5) is 0 Å². The van der Waals surface area contributed by atoms with Crippen LogP contribution in [0.25, 0.3) is 6.08 Å². The lowest BCUT2D eigenvalue weighted by atomic mass is 10.1. The van der Waals surface area contributed by atoms with Crippen LogP contribution < -0.4 is 9.47 Å². The van der Waals surface area contributed by atoms with Crippen molar-refractivity contribution in [1.82, 2.24) is 0 Å². The zero-order valence-electron chi connectivity index (χ0n) is 12.0. The summed E-state index contributed by atoms with van der Waals surface area (Å²) < 4.78 is 15.8. The van der Waals surface area contributed by atoms with Gasteiger partial charge in [-0.3, -0.25) is 0 Å². The molecule has 0 atom stereocenters. The Kier molecular flexibility index (Phi) is 4.39. The van der Waals surface area contributed by atoms with Crippen molar-refractivity contribution < 1.29 is 19.0 Å². The van der Waals surface area contributed by atoms with E-state index in [0.29, 0.717) is 13.0 Å². The molecule has 0 bridgehead atoms. The molecule has 0 unspecified atom stereocenters. The second kappa shape index (κ2) is 6.80. The summed E-state index contributed by atoms with van der Waals surface area (Å²) in [4.78, 5) is 11.6. The van der Waals surface area contributed by atoms with Gasteiger partial charge in [0.25, 0.3) is 0 Å². The second-order valence-electron chi connectivity index (χ2n) is 4.85. The lowest BCUT2D eigenvalue weighted by molar-refractivity contribution is -0.137. The molecule has 1 aliphatic heterocycles. The maximum absolute atomic E-state index is 11.6. The van der Waals surface area contributed by atoms with Crippen molar-refractivity contribution in [2.45, 2.75) is 6.42 Å². The lowest BCUT2D eigenvalue weighted by Crippen LogP contribution is -2.04. The molecule has 2 aromatic rings. The van der Waals surface area contributed by atoms with E-state index < -0.39 is 0 Å². The summed E-state index contributed by atoms with van der Waals surface area (Å²) in [5.41, 5.74) is 2.01. The molecular weight excluding hydrogens is 280 g/mol. The van der Waals surface area contributed by atoms with Gasteiger partial charge in [-0.15, -0.1) is 0 Å². The molecule has 3 rings (SSSR count). The van der Waals surface area contributed by atoms with E-state index in [0.717, 1.165) is 22.6 Å². The summed E-state index contributed by atoms with van der Waals surface area (Å²) in [6, 6.07) is 15.4. The summed E-state index contributed by atoms with van der Waals surface area (Å²) in [6.45, 7) is 0.593. The predicted molar refractivity (Wildman–Crippen MR) is 82.7 cm³/mol. The average Bonchev–Trinajstić information content (AvgIpc) is 3.02. The van der Waals surface area contributed by atoms with E-state index in [1.165, 1.54) is 6.08 Å². The van der Waals surface area contributed by atoms with E-state index >= 15 is 0 Å². The summed E-state index contributed by atoms with van der Waals surface area (Å²) in [5, 5.41) is 0. The van der Waals surface area contributed by atoms with Gasteiger partial charge < -0.3 is 14.2 Å². The molecule has 1 heterocycles. The standard InChI is InChI=1S/C18H16O4/c19-18(9-7-14-4-2-1-3-5-14)20-11-10-15-6-8-16-17(12-15)22-13-21-16/h1-9,12H,10-11,13H2/b9-7+. The molecule has 0 aromatic heterocycles. The number of hydrogen-bond donors (Lipinski definition) is 0. The zero-order chi connectivity index (χ0) is 15.2. The Morgan fingerprint density at radius 3 is 2.77 bits per heavy atom. The first-order chi connectivity index (χ1) is 10.8. The molecule has 0 radical (unpaired) electrons. The number of hydrogen-bond acceptors (Lipinski definition) is 4. The molecule has 112 valence electrons. The number of esters is 1. The topological polar surface area (TPSA) is 44.8 Å². The Bertz CT molecular complexity index is 677. The van der Waals surface area contributed by atoms with E-state index in [1.54, 1.807) is 6.08 Å². The Labute approximate surface area is 128 Å². The van der Waals surface area contributed by atoms with E-state index in [-0.39, 0.29) is 12.8 Å². The van der Waals surface area contributed by atoms with Crippen molar-refractivity contribution in [1.29, 1.82) is 0 Å². The summed E-state index contributed by atoms with van der Waals surface area (Å²) in [7, 11) is 0. The fourth-order valence-electron chi connectivity index (χ4n) is 2.14. The lowest BCUT2D eigenvalue weighted by Gasteiger charge is -2.04. The normalized spacial score (nSPS) is 12.5. The first-order valence-electron chi connectivity index (χ1n) is 7.10. The van der Waals surface area contributed by atoms with Gasteiger partial charge in [-0.2, -0.15) is 0 Å². The zero-order valence-corrected chi connectivity index (χ0v) is 12.0. The van der Waals surface area contributed by atoms with Gasteiger partial charge in [0.15, 0.2) is 11.5 Å². The van der Waals surface area contributed by atoms with Crippen molar-refractivity contribution in [3.05, 3.63) is 65.7 Å². The molecule has 0 spiro atoms.